The summed E-state index contributed by atoms with van der Waals surface area (Å²) in [5.41, 5.74) is 7.10. The molecule has 9 heteroatoms. The predicted molar refractivity (Wildman–Crippen MR) is 109 cm³/mol. The Balaban J connectivity index is 2.21. The fraction of sp³-hybridized carbons (Fsp3) is 0.200. The van der Waals surface area contributed by atoms with E-state index in [-0.39, 0.29) is 35.1 Å². The SMILES string of the molecule is C=CCc1cc2c(C(N)=O)c(Cc3ccc(F)cc3)oc2nc1N(C)S(C)(=O)=O. The van der Waals surface area contributed by atoms with Gasteiger partial charge in [0.1, 0.15) is 17.4 Å². The standard InChI is InChI=1S/C20H20FN3O4S/c1-4-5-13-11-15-17(18(22)25)16(10-12-6-8-14(21)9-7-12)28-20(15)23-19(13)24(2)29(3,26)27/h4,6-9,11H,1,5,10H2,2-3H3,(H2,22,25). The molecule has 0 aliphatic rings. The van der Waals surface area contributed by atoms with Gasteiger partial charge < -0.3 is 10.2 Å². The van der Waals surface area contributed by atoms with Crippen LogP contribution in [-0.4, -0.2) is 32.6 Å². The van der Waals surface area contributed by atoms with Crippen LogP contribution in [0, 0.1) is 5.82 Å². The van der Waals surface area contributed by atoms with E-state index in [0.717, 1.165) is 10.6 Å². The van der Waals surface area contributed by atoms with Gasteiger partial charge in [-0.1, -0.05) is 18.2 Å². The average molecular weight is 417 g/mol. The van der Waals surface area contributed by atoms with E-state index in [1.807, 2.05) is 0 Å². The summed E-state index contributed by atoms with van der Waals surface area (Å²) in [7, 11) is -2.19. The first-order valence-electron chi connectivity index (χ1n) is 8.66. The van der Waals surface area contributed by atoms with E-state index in [1.165, 1.54) is 19.2 Å². The number of carbonyl (C=O) groups is 1. The molecule has 29 heavy (non-hydrogen) atoms. The van der Waals surface area contributed by atoms with Crippen LogP contribution in [0.25, 0.3) is 11.1 Å². The molecule has 3 rings (SSSR count). The number of primary amides is 1. The van der Waals surface area contributed by atoms with Crippen LogP contribution in [-0.2, 0) is 22.9 Å². The maximum absolute atomic E-state index is 13.2. The monoisotopic (exact) mass is 417 g/mol. The van der Waals surface area contributed by atoms with Gasteiger partial charge in [0.15, 0.2) is 0 Å². The molecule has 0 atom stereocenters. The third kappa shape index (κ3) is 4.14. The van der Waals surface area contributed by atoms with Crippen molar-refractivity contribution < 1.29 is 22.0 Å². The van der Waals surface area contributed by atoms with Crippen molar-refractivity contribution in [1.82, 2.24) is 4.98 Å². The fourth-order valence-electron chi connectivity index (χ4n) is 3.02. The zero-order valence-corrected chi connectivity index (χ0v) is 16.8. The minimum absolute atomic E-state index is 0.0919. The first-order valence-corrected chi connectivity index (χ1v) is 10.5. The summed E-state index contributed by atoms with van der Waals surface area (Å²) in [6.07, 6.45) is 3.19. The molecule has 0 aliphatic heterocycles. The van der Waals surface area contributed by atoms with Crippen LogP contribution in [0.2, 0.25) is 0 Å². The summed E-state index contributed by atoms with van der Waals surface area (Å²) >= 11 is 0. The molecule has 0 fully saturated rings. The van der Waals surface area contributed by atoms with Crippen LogP contribution in [0.15, 0.2) is 47.4 Å². The molecule has 2 N–H and O–H groups in total. The Hall–Kier alpha value is -3.20. The molecule has 0 radical (unpaired) electrons. The molecule has 1 amide bonds. The van der Waals surface area contributed by atoms with Gasteiger partial charge in [-0.3, -0.25) is 9.10 Å². The van der Waals surface area contributed by atoms with Crippen LogP contribution >= 0.6 is 0 Å². The van der Waals surface area contributed by atoms with E-state index in [4.69, 9.17) is 10.2 Å². The minimum atomic E-state index is -3.57. The van der Waals surface area contributed by atoms with Gasteiger partial charge in [-0.25, -0.2) is 12.8 Å². The number of halogens is 1. The lowest BCUT2D eigenvalue weighted by molar-refractivity contribution is 0.1000. The first kappa shape index (κ1) is 20.5. The Bertz CT molecular complexity index is 1200. The number of allylic oxidation sites excluding steroid dienone is 1. The number of nitrogens with zero attached hydrogens (tertiary/aromatic N) is 2. The van der Waals surface area contributed by atoms with Crippen molar-refractivity contribution in [3.63, 3.8) is 0 Å². The molecule has 0 spiro atoms. The number of pyridine rings is 1. The fourth-order valence-corrected chi connectivity index (χ4v) is 3.49. The summed E-state index contributed by atoms with van der Waals surface area (Å²) in [5, 5.41) is 0.386. The number of sulfonamides is 1. The van der Waals surface area contributed by atoms with E-state index in [0.29, 0.717) is 22.9 Å². The Morgan fingerprint density at radius 3 is 2.55 bits per heavy atom. The highest BCUT2D eigenvalue weighted by Gasteiger charge is 2.24. The molecular formula is C20H20FN3O4S. The van der Waals surface area contributed by atoms with E-state index in [9.17, 15) is 17.6 Å². The number of hydrogen-bond acceptors (Lipinski definition) is 5. The van der Waals surface area contributed by atoms with E-state index in [2.05, 4.69) is 11.6 Å². The summed E-state index contributed by atoms with van der Waals surface area (Å²) in [6, 6.07) is 7.40. The summed E-state index contributed by atoms with van der Waals surface area (Å²) < 4.78 is 44.0. The number of fused-ring (bicyclic) bond motifs is 1. The lowest BCUT2D eigenvalue weighted by atomic mass is 10.0. The number of rotatable bonds is 7. The zero-order chi connectivity index (χ0) is 21.3. The number of aromatic nitrogens is 1. The number of benzene rings is 1. The van der Waals surface area contributed by atoms with E-state index in [1.54, 1.807) is 24.3 Å². The molecule has 7 nitrogen and oxygen atoms in total. The highest BCUT2D eigenvalue weighted by Crippen LogP contribution is 2.32. The van der Waals surface area contributed by atoms with Gasteiger partial charge in [0.05, 0.1) is 17.2 Å². The van der Waals surface area contributed by atoms with Gasteiger partial charge >= 0.3 is 0 Å². The van der Waals surface area contributed by atoms with Gasteiger partial charge in [0, 0.05) is 19.0 Å². The van der Waals surface area contributed by atoms with Gasteiger partial charge in [-0.2, -0.15) is 4.98 Å². The van der Waals surface area contributed by atoms with Gasteiger partial charge in [0.25, 0.3) is 5.91 Å². The Labute approximate surface area is 167 Å². The third-order valence-electron chi connectivity index (χ3n) is 4.50. The van der Waals surface area contributed by atoms with Crippen LogP contribution in [0.3, 0.4) is 0 Å². The van der Waals surface area contributed by atoms with Crippen LogP contribution in [0.5, 0.6) is 0 Å². The van der Waals surface area contributed by atoms with Crippen molar-refractivity contribution in [2.45, 2.75) is 12.8 Å². The maximum atomic E-state index is 13.2. The molecule has 2 heterocycles. The van der Waals surface area contributed by atoms with Crippen molar-refractivity contribution >= 4 is 32.8 Å². The molecule has 2 aromatic heterocycles. The molecule has 152 valence electrons. The molecule has 3 aromatic rings. The topological polar surface area (TPSA) is 106 Å². The van der Waals surface area contributed by atoms with E-state index < -0.39 is 15.9 Å². The number of amides is 1. The average Bonchev–Trinajstić information content (AvgIpc) is 2.99. The second-order valence-corrected chi connectivity index (χ2v) is 8.63. The number of nitrogens with two attached hydrogens (primary N) is 1. The van der Waals surface area contributed by atoms with Gasteiger partial charge in [-0.05, 0) is 30.2 Å². The van der Waals surface area contributed by atoms with Crippen molar-refractivity contribution in [2.75, 3.05) is 17.6 Å². The molecule has 0 saturated carbocycles. The minimum Gasteiger partial charge on any atom is -0.441 e. The number of furan rings is 1. The second-order valence-electron chi connectivity index (χ2n) is 6.61. The molecule has 1 aromatic carbocycles. The van der Waals surface area contributed by atoms with Gasteiger partial charge in [-0.15, -0.1) is 6.58 Å². The molecule has 0 saturated heterocycles. The van der Waals surface area contributed by atoms with Gasteiger partial charge in [0.2, 0.25) is 15.7 Å². The quantitative estimate of drug-likeness (QED) is 0.595. The number of anilines is 1. The molecule has 0 bridgehead atoms. The van der Waals surface area contributed by atoms with Crippen molar-refractivity contribution in [2.24, 2.45) is 5.73 Å². The van der Waals surface area contributed by atoms with Crippen molar-refractivity contribution in [1.29, 1.82) is 0 Å². The van der Waals surface area contributed by atoms with Crippen LogP contribution < -0.4 is 10.0 Å². The maximum Gasteiger partial charge on any atom is 0.252 e. The Morgan fingerprint density at radius 2 is 2.00 bits per heavy atom. The smallest absolute Gasteiger partial charge is 0.252 e. The zero-order valence-electron chi connectivity index (χ0n) is 16.0. The lowest BCUT2D eigenvalue weighted by Gasteiger charge is -2.18. The highest BCUT2D eigenvalue weighted by molar-refractivity contribution is 7.92. The molecule has 0 aliphatic carbocycles. The predicted octanol–water partition coefficient (Wildman–Crippen LogP) is 2.78. The number of hydrogen-bond donors (Lipinski definition) is 1. The van der Waals surface area contributed by atoms with Crippen LogP contribution in [0.1, 0.15) is 27.2 Å². The summed E-state index contributed by atoms with van der Waals surface area (Å²) in [6.45, 7) is 3.68. The largest absolute Gasteiger partial charge is 0.441 e. The van der Waals surface area contributed by atoms with Crippen molar-refractivity contribution in [3.05, 3.63) is 71.3 Å². The first-order chi connectivity index (χ1) is 13.6. The lowest BCUT2D eigenvalue weighted by Crippen LogP contribution is -2.27. The molecule has 0 unspecified atom stereocenters. The molecular weight excluding hydrogens is 397 g/mol. The Kier molecular flexibility index (Phi) is 5.43. The number of carbonyl (C=O) groups excluding carboxylic acids is 1. The summed E-state index contributed by atoms with van der Waals surface area (Å²) in [5.74, 6) is -0.623. The highest BCUT2D eigenvalue weighted by atomic mass is 32.2. The van der Waals surface area contributed by atoms with E-state index >= 15 is 0 Å². The Morgan fingerprint density at radius 1 is 1.34 bits per heavy atom. The third-order valence-corrected chi connectivity index (χ3v) is 5.66. The van der Waals surface area contributed by atoms with Crippen LogP contribution in [0.4, 0.5) is 10.2 Å². The normalized spacial score (nSPS) is 11.6. The van der Waals surface area contributed by atoms with Crippen molar-refractivity contribution in [3.8, 4) is 0 Å². The summed E-state index contributed by atoms with van der Waals surface area (Å²) in [4.78, 5) is 16.5. The second kappa shape index (κ2) is 7.67.